The Balaban J connectivity index is 1.43. The van der Waals surface area contributed by atoms with Crippen LogP contribution < -0.4 is 5.32 Å². The summed E-state index contributed by atoms with van der Waals surface area (Å²) in [5.41, 5.74) is 5.55. The maximum absolute atomic E-state index is 13.1. The van der Waals surface area contributed by atoms with E-state index >= 15 is 0 Å². The Morgan fingerprint density at radius 1 is 1.09 bits per heavy atom. The Labute approximate surface area is 200 Å². The number of morpholine rings is 1. The summed E-state index contributed by atoms with van der Waals surface area (Å²) < 4.78 is 5.40. The van der Waals surface area contributed by atoms with Crippen LogP contribution >= 0.6 is 0 Å². The summed E-state index contributed by atoms with van der Waals surface area (Å²) in [4.78, 5) is 23.9. The minimum atomic E-state index is -0.130. The van der Waals surface area contributed by atoms with Crippen LogP contribution in [0.3, 0.4) is 0 Å². The van der Waals surface area contributed by atoms with Crippen molar-refractivity contribution in [1.82, 2.24) is 20.2 Å². The molecule has 2 aromatic heterocycles. The summed E-state index contributed by atoms with van der Waals surface area (Å²) in [6, 6.07) is 18.6. The molecule has 1 aliphatic heterocycles. The summed E-state index contributed by atoms with van der Waals surface area (Å²) in [5, 5.41) is 5.20. The van der Waals surface area contributed by atoms with Gasteiger partial charge in [-0.25, -0.2) is 4.98 Å². The molecule has 0 saturated carbocycles. The molecule has 0 unspecified atom stereocenters. The third-order valence-electron chi connectivity index (χ3n) is 6.62. The normalized spacial score (nSPS) is 14.8. The van der Waals surface area contributed by atoms with Gasteiger partial charge in [-0.1, -0.05) is 56.3 Å². The fourth-order valence-electron chi connectivity index (χ4n) is 4.62. The number of hydrogen-bond donors (Lipinski definition) is 2. The number of aromatic nitrogens is 2. The first-order chi connectivity index (χ1) is 16.6. The van der Waals surface area contributed by atoms with Crippen molar-refractivity contribution in [1.29, 1.82) is 0 Å². The molecule has 1 saturated heterocycles. The van der Waals surface area contributed by atoms with E-state index in [1.807, 2.05) is 18.2 Å². The van der Waals surface area contributed by atoms with E-state index in [-0.39, 0.29) is 5.91 Å². The topological polar surface area (TPSA) is 70.2 Å². The SMILES string of the molecule is CC(C)c1ccc(-c2nc(C(=O)NCCCN3CCOCC3)cc3c2[nH]c2ccccc23)cc1. The van der Waals surface area contributed by atoms with Crippen LogP contribution in [-0.4, -0.2) is 60.2 Å². The summed E-state index contributed by atoms with van der Waals surface area (Å²) >= 11 is 0. The van der Waals surface area contributed by atoms with Crippen molar-refractivity contribution in [2.75, 3.05) is 39.4 Å². The number of hydrogen-bond acceptors (Lipinski definition) is 4. The number of carbonyl (C=O) groups excluding carboxylic acids is 1. The van der Waals surface area contributed by atoms with Gasteiger partial charge < -0.3 is 15.0 Å². The van der Waals surface area contributed by atoms with Gasteiger partial charge in [-0.05, 0) is 36.6 Å². The predicted molar refractivity (Wildman–Crippen MR) is 137 cm³/mol. The molecule has 176 valence electrons. The summed E-state index contributed by atoms with van der Waals surface area (Å²) in [6.45, 7) is 9.48. The Hall–Kier alpha value is -3.22. The van der Waals surface area contributed by atoms with Gasteiger partial charge >= 0.3 is 0 Å². The van der Waals surface area contributed by atoms with E-state index in [0.29, 0.717) is 18.2 Å². The first-order valence-corrected chi connectivity index (χ1v) is 12.2. The lowest BCUT2D eigenvalue weighted by Crippen LogP contribution is -2.38. The van der Waals surface area contributed by atoms with E-state index in [4.69, 9.17) is 9.72 Å². The zero-order valence-electron chi connectivity index (χ0n) is 19.9. The van der Waals surface area contributed by atoms with Gasteiger partial charge in [0, 0.05) is 41.5 Å². The number of nitrogens with one attached hydrogen (secondary N) is 2. The first-order valence-electron chi connectivity index (χ1n) is 12.2. The van der Waals surface area contributed by atoms with Crippen LogP contribution in [-0.2, 0) is 4.74 Å². The van der Waals surface area contributed by atoms with Crippen molar-refractivity contribution in [3.05, 3.63) is 65.9 Å². The Morgan fingerprint density at radius 2 is 1.85 bits per heavy atom. The number of H-pyrrole nitrogens is 1. The van der Waals surface area contributed by atoms with Gasteiger partial charge in [0.05, 0.1) is 24.4 Å². The average molecular weight is 457 g/mol. The highest BCUT2D eigenvalue weighted by molar-refractivity contribution is 6.13. The van der Waals surface area contributed by atoms with E-state index in [1.54, 1.807) is 0 Å². The molecule has 5 rings (SSSR count). The van der Waals surface area contributed by atoms with Crippen LogP contribution in [0.5, 0.6) is 0 Å². The fraction of sp³-hybridized carbons (Fsp3) is 0.357. The Morgan fingerprint density at radius 3 is 2.62 bits per heavy atom. The van der Waals surface area contributed by atoms with Crippen molar-refractivity contribution in [2.24, 2.45) is 0 Å². The zero-order chi connectivity index (χ0) is 23.5. The highest BCUT2D eigenvalue weighted by Crippen LogP contribution is 2.33. The van der Waals surface area contributed by atoms with E-state index in [0.717, 1.165) is 72.3 Å². The first kappa shape index (κ1) is 22.6. The van der Waals surface area contributed by atoms with Crippen LogP contribution in [0.25, 0.3) is 33.1 Å². The zero-order valence-corrected chi connectivity index (χ0v) is 19.9. The number of rotatable bonds is 7. The van der Waals surface area contributed by atoms with E-state index < -0.39 is 0 Å². The van der Waals surface area contributed by atoms with E-state index in [9.17, 15) is 4.79 Å². The number of amides is 1. The molecule has 6 heteroatoms. The second-order valence-electron chi connectivity index (χ2n) is 9.29. The van der Waals surface area contributed by atoms with Crippen molar-refractivity contribution in [2.45, 2.75) is 26.2 Å². The molecule has 3 heterocycles. The number of ether oxygens (including phenoxy) is 1. The van der Waals surface area contributed by atoms with Gasteiger partial charge in [0.2, 0.25) is 0 Å². The second kappa shape index (κ2) is 9.95. The van der Waals surface area contributed by atoms with Gasteiger partial charge in [-0.15, -0.1) is 0 Å². The van der Waals surface area contributed by atoms with Gasteiger partial charge in [0.15, 0.2) is 0 Å². The smallest absolute Gasteiger partial charge is 0.269 e. The van der Waals surface area contributed by atoms with Gasteiger partial charge in [-0.2, -0.15) is 0 Å². The standard InChI is InChI=1S/C28H32N4O2/c1-19(2)20-8-10-21(11-9-20)26-27-23(22-6-3-4-7-24(22)30-27)18-25(31-26)28(33)29-12-5-13-32-14-16-34-17-15-32/h3-4,6-11,18-19,30H,5,12-17H2,1-2H3,(H,29,33). The number of aromatic amines is 1. The Kier molecular flexibility index (Phi) is 6.61. The molecule has 34 heavy (non-hydrogen) atoms. The molecule has 0 spiro atoms. The number of nitrogens with zero attached hydrogens (tertiary/aromatic N) is 2. The van der Waals surface area contributed by atoms with Crippen LogP contribution in [0.2, 0.25) is 0 Å². The second-order valence-corrected chi connectivity index (χ2v) is 9.29. The van der Waals surface area contributed by atoms with E-state index in [1.165, 1.54) is 5.56 Å². The lowest BCUT2D eigenvalue weighted by molar-refractivity contribution is 0.0374. The van der Waals surface area contributed by atoms with E-state index in [2.05, 4.69) is 65.4 Å². The lowest BCUT2D eigenvalue weighted by Gasteiger charge is -2.26. The summed E-state index contributed by atoms with van der Waals surface area (Å²) in [6.07, 6.45) is 0.907. The number of pyridine rings is 1. The number of para-hydroxylation sites is 1. The van der Waals surface area contributed by atoms with Crippen LogP contribution in [0.4, 0.5) is 0 Å². The molecule has 1 aliphatic rings. The van der Waals surface area contributed by atoms with Crippen LogP contribution in [0.1, 0.15) is 42.2 Å². The quantitative estimate of drug-likeness (QED) is 0.386. The maximum atomic E-state index is 13.1. The molecular formula is C28H32N4O2. The molecule has 0 atom stereocenters. The molecule has 6 nitrogen and oxygen atoms in total. The molecular weight excluding hydrogens is 424 g/mol. The molecule has 0 radical (unpaired) electrons. The highest BCUT2D eigenvalue weighted by Gasteiger charge is 2.17. The molecule has 4 aromatic rings. The van der Waals surface area contributed by atoms with Gasteiger partial charge in [-0.3, -0.25) is 9.69 Å². The molecule has 1 amide bonds. The largest absolute Gasteiger partial charge is 0.379 e. The third kappa shape index (κ3) is 4.69. The molecule has 1 fully saturated rings. The fourth-order valence-corrected chi connectivity index (χ4v) is 4.62. The third-order valence-corrected chi connectivity index (χ3v) is 6.62. The average Bonchev–Trinajstić information content (AvgIpc) is 3.25. The minimum Gasteiger partial charge on any atom is -0.379 e. The number of fused-ring (bicyclic) bond motifs is 3. The van der Waals surface area contributed by atoms with Gasteiger partial charge in [0.1, 0.15) is 5.69 Å². The van der Waals surface area contributed by atoms with Crippen LogP contribution in [0, 0.1) is 0 Å². The van der Waals surface area contributed by atoms with Crippen molar-refractivity contribution in [3.8, 4) is 11.3 Å². The van der Waals surface area contributed by atoms with Crippen molar-refractivity contribution in [3.63, 3.8) is 0 Å². The number of carbonyl (C=O) groups is 1. The molecule has 2 aromatic carbocycles. The van der Waals surface area contributed by atoms with Crippen molar-refractivity contribution < 1.29 is 9.53 Å². The van der Waals surface area contributed by atoms with Crippen LogP contribution in [0.15, 0.2) is 54.6 Å². The molecule has 0 bridgehead atoms. The predicted octanol–water partition coefficient (Wildman–Crippen LogP) is 4.96. The Bertz CT molecular complexity index is 1290. The molecule has 0 aliphatic carbocycles. The maximum Gasteiger partial charge on any atom is 0.269 e. The number of benzene rings is 2. The highest BCUT2D eigenvalue weighted by atomic mass is 16.5. The molecule has 2 N–H and O–H groups in total. The monoisotopic (exact) mass is 456 g/mol. The van der Waals surface area contributed by atoms with Crippen molar-refractivity contribution >= 4 is 27.7 Å². The van der Waals surface area contributed by atoms with Gasteiger partial charge in [0.25, 0.3) is 5.91 Å². The minimum absolute atomic E-state index is 0.130. The summed E-state index contributed by atoms with van der Waals surface area (Å²) in [5.74, 6) is 0.332. The summed E-state index contributed by atoms with van der Waals surface area (Å²) in [7, 11) is 0. The lowest BCUT2D eigenvalue weighted by atomic mass is 10.00.